The van der Waals surface area contributed by atoms with Crippen LogP contribution in [0.2, 0.25) is 5.02 Å². The molecule has 0 aliphatic rings. The Kier molecular flexibility index (Phi) is 4.65. The fourth-order valence-electron chi connectivity index (χ4n) is 1.18. The molecule has 0 aliphatic heterocycles. The molecular weight excluding hydrogens is 219 g/mol. The van der Waals surface area contributed by atoms with Crippen LogP contribution in [0.4, 0.5) is 15.8 Å². The Morgan fingerprint density at radius 3 is 2.80 bits per heavy atom. The molecule has 1 aromatic carbocycles. The lowest BCUT2D eigenvalue weighted by molar-refractivity contribution is 0.286. The van der Waals surface area contributed by atoms with Gasteiger partial charge in [0.05, 0.1) is 16.4 Å². The average Bonchev–Trinajstić information content (AvgIpc) is 2.20. The van der Waals surface area contributed by atoms with Gasteiger partial charge in [-0.3, -0.25) is 0 Å². The second kappa shape index (κ2) is 5.78. The predicted molar refractivity (Wildman–Crippen MR) is 60.6 cm³/mol. The highest BCUT2D eigenvalue weighted by Gasteiger charge is 2.05. The summed E-state index contributed by atoms with van der Waals surface area (Å²) in [7, 11) is 0. The van der Waals surface area contributed by atoms with Crippen molar-refractivity contribution in [1.29, 1.82) is 0 Å². The van der Waals surface area contributed by atoms with E-state index in [0.29, 0.717) is 24.3 Å². The molecule has 15 heavy (non-hydrogen) atoms. The number of nitrogens with one attached hydrogen (secondary N) is 1. The highest BCUT2D eigenvalue weighted by Crippen LogP contribution is 2.25. The SMILES string of the molecule is Nc1cc(Cl)c(F)cc1NCCCCO. The van der Waals surface area contributed by atoms with Gasteiger partial charge in [0.2, 0.25) is 0 Å². The van der Waals surface area contributed by atoms with Crippen molar-refractivity contribution in [3.8, 4) is 0 Å². The Morgan fingerprint density at radius 1 is 1.40 bits per heavy atom. The van der Waals surface area contributed by atoms with Gasteiger partial charge in [0, 0.05) is 19.2 Å². The Morgan fingerprint density at radius 2 is 2.13 bits per heavy atom. The number of benzene rings is 1. The molecule has 0 aromatic heterocycles. The summed E-state index contributed by atoms with van der Waals surface area (Å²) in [5, 5.41) is 11.6. The number of halogens is 2. The van der Waals surface area contributed by atoms with E-state index in [-0.39, 0.29) is 11.6 Å². The van der Waals surface area contributed by atoms with Crippen molar-refractivity contribution in [3.05, 3.63) is 23.0 Å². The second-order valence-electron chi connectivity index (χ2n) is 3.21. The first-order chi connectivity index (χ1) is 7.15. The topological polar surface area (TPSA) is 58.3 Å². The predicted octanol–water partition coefficient (Wildman–Crippen LogP) is 2.25. The fraction of sp³-hybridized carbons (Fsp3) is 0.400. The molecule has 0 amide bonds. The van der Waals surface area contributed by atoms with E-state index in [9.17, 15) is 4.39 Å². The molecule has 0 unspecified atom stereocenters. The summed E-state index contributed by atoms with van der Waals surface area (Å²) in [5.41, 5.74) is 6.60. The molecule has 0 heterocycles. The van der Waals surface area contributed by atoms with Crippen LogP contribution < -0.4 is 11.1 Å². The van der Waals surface area contributed by atoms with Gasteiger partial charge < -0.3 is 16.2 Å². The third-order valence-corrected chi connectivity index (χ3v) is 2.28. The molecule has 0 radical (unpaired) electrons. The monoisotopic (exact) mass is 232 g/mol. The highest BCUT2D eigenvalue weighted by atomic mass is 35.5. The molecule has 0 saturated heterocycles. The molecule has 0 saturated carbocycles. The maximum Gasteiger partial charge on any atom is 0.143 e. The number of nitrogens with two attached hydrogens (primary N) is 1. The normalized spacial score (nSPS) is 10.3. The van der Waals surface area contributed by atoms with E-state index in [0.717, 1.165) is 6.42 Å². The van der Waals surface area contributed by atoms with Crippen molar-refractivity contribution in [2.24, 2.45) is 0 Å². The van der Waals surface area contributed by atoms with Gasteiger partial charge in [-0.2, -0.15) is 0 Å². The molecule has 3 nitrogen and oxygen atoms in total. The molecular formula is C10H14ClFN2O. The van der Waals surface area contributed by atoms with Gasteiger partial charge in [-0.1, -0.05) is 11.6 Å². The smallest absolute Gasteiger partial charge is 0.143 e. The number of unbranched alkanes of at least 4 members (excludes halogenated alkanes) is 1. The van der Waals surface area contributed by atoms with E-state index in [1.165, 1.54) is 12.1 Å². The molecule has 0 aliphatic carbocycles. The molecule has 1 rings (SSSR count). The zero-order valence-electron chi connectivity index (χ0n) is 8.26. The van der Waals surface area contributed by atoms with Crippen molar-refractivity contribution in [1.82, 2.24) is 0 Å². The van der Waals surface area contributed by atoms with Crippen LogP contribution in [0.1, 0.15) is 12.8 Å². The lowest BCUT2D eigenvalue weighted by Gasteiger charge is -2.09. The summed E-state index contributed by atoms with van der Waals surface area (Å²) in [6, 6.07) is 2.65. The lowest BCUT2D eigenvalue weighted by atomic mass is 10.2. The van der Waals surface area contributed by atoms with E-state index in [2.05, 4.69) is 5.32 Å². The van der Waals surface area contributed by atoms with Crippen molar-refractivity contribution in [2.45, 2.75) is 12.8 Å². The molecule has 84 valence electrons. The summed E-state index contributed by atoms with van der Waals surface area (Å²) < 4.78 is 13.1. The van der Waals surface area contributed by atoms with Crippen LogP contribution >= 0.6 is 11.6 Å². The van der Waals surface area contributed by atoms with Gasteiger partial charge in [-0.15, -0.1) is 0 Å². The third-order valence-electron chi connectivity index (χ3n) is 1.99. The number of rotatable bonds is 5. The standard InChI is InChI=1S/C10H14ClFN2O/c11-7-5-9(13)10(6-8(7)12)14-3-1-2-4-15/h5-6,14-15H,1-4,13H2. The molecule has 0 fully saturated rings. The maximum atomic E-state index is 13.1. The number of nitrogen functional groups attached to an aromatic ring is 1. The van der Waals surface area contributed by atoms with Crippen LogP contribution in [-0.2, 0) is 0 Å². The summed E-state index contributed by atoms with van der Waals surface area (Å²) in [6.07, 6.45) is 1.52. The van der Waals surface area contributed by atoms with Crippen LogP contribution in [0.25, 0.3) is 0 Å². The van der Waals surface area contributed by atoms with Gasteiger partial charge in [0.15, 0.2) is 0 Å². The quantitative estimate of drug-likeness (QED) is 0.539. The summed E-state index contributed by atoms with van der Waals surface area (Å²) in [4.78, 5) is 0. The first kappa shape index (κ1) is 12.1. The zero-order chi connectivity index (χ0) is 11.3. The summed E-state index contributed by atoms with van der Waals surface area (Å²) in [6.45, 7) is 0.804. The number of aliphatic hydroxyl groups excluding tert-OH is 1. The minimum atomic E-state index is -0.490. The molecule has 0 atom stereocenters. The highest BCUT2D eigenvalue weighted by molar-refractivity contribution is 6.31. The van der Waals surface area contributed by atoms with Crippen LogP contribution in [0.15, 0.2) is 12.1 Å². The second-order valence-corrected chi connectivity index (χ2v) is 3.62. The van der Waals surface area contributed by atoms with E-state index < -0.39 is 5.82 Å². The van der Waals surface area contributed by atoms with Gasteiger partial charge >= 0.3 is 0 Å². The lowest BCUT2D eigenvalue weighted by Crippen LogP contribution is -2.05. The summed E-state index contributed by atoms with van der Waals surface area (Å²) >= 11 is 5.55. The number of anilines is 2. The maximum absolute atomic E-state index is 13.1. The van der Waals surface area contributed by atoms with Gasteiger partial charge in [0.25, 0.3) is 0 Å². The van der Waals surface area contributed by atoms with E-state index in [1.54, 1.807) is 0 Å². The number of hydrogen-bond donors (Lipinski definition) is 3. The van der Waals surface area contributed by atoms with Gasteiger partial charge in [-0.25, -0.2) is 4.39 Å². The number of aliphatic hydroxyl groups is 1. The average molecular weight is 233 g/mol. The van der Waals surface area contributed by atoms with Gasteiger partial charge in [-0.05, 0) is 18.9 Å². The third kappa shape index (κ3) is 3.57. The first-order valence-corrected chi connectivity index (χ1v) is 5.12. The van der Waals surface area contributed by atoms with Crippen molar-refractivity contribution in [3.63, 3.8) is 0 Å². The minimum Gasteiger partial charge on any atom is -0.397 e. The van der Waals surface area contributed by atoms with Crippen LogP contribution in [0, 0.1) is 5.82 Å². The van der Waals surface area contributed by atoms with Gasteiger partial charge in [0.1, 0.15) is 5.82 Å². The largest absolute Gasteiger partial charge is 0.397 e. The Balaban J connectivity index is 2.57. The van der Waals surface area contributed by atoms with Crippen molar-refractivity contribution < 1.29 is 9.50 Å². The van der Waals surface area contributed by atoms with Crippen LogP contribution in [0.3, 0.4) is 0 Å². The molecule has 4 N–H and O–H groups in total. The summed E-state index contributed by atoms with van der Waals surface area (Å²) in [5.74, 6) is -0.490. The van der Waals surface area contributed by atoms with E-state index >= 15 is 0 Å². The Hall–Kier alpha value is -1.00. The molecule has 1 aromatic rings. The zero-order valence-corrected chi connectivity index (χ0v) is 9.02. The van der Waals surface area contributed by atoms with Crippen molar-refractivity contribution >= 4 is 23.0 Å². The Bertz CT molecular complexity index is 333. The first-order valence-electron chi connectivity index (χ1n) is 4.74. The molecule has 5 heteroatoms. The molecule has 0 bridgehead atoms. The number of hydrogen-bond acceptors (Lipinski definition) is 3. The van der Waals surface area contributed by atoms with E-state index in [4.69, 9.17) is 22.4 Å². The Labute approximate surface area is 93.0 Å². The minimum absolute atomic E-state index is 0.0217. The van der Waals surface area contributed by atoms with Crippen LogP contribution in [0.5, 0.6) is 0 Å². The van der Waals surface area contributed by atoms with Crippen molar-refractivity contribution in [2.75, 3.05) is 24.2 Å². The molecule has 0 spiro atoms. The fourth-order valence-corrected chi connectivity index (χ4v) is 1.35. The van der Waals surface area contributed by atoms with E-state index in [1.807, 2.05) is 0 Å². The van der Waals surface area contributed by atoms with Crippen LogP contribution in [-0.4, -0.2) is 18.3 Å².